The summed E-state index contributed by atoms with van der Waals surface area (Å²) >= 11 is 0. The second-order valence-electron chi connectivity index (χ2n) is 4.88. The summed E-state index contributed by atoms with van der Waals surface area (Å²) in [6, 6.07) is 1.50. The maximum absolute atomic E-state index is 12.8. The van der Waals surface area contributed by atoms with E-state index in [1.165, 1.54) is 6.07 Å². The Morgan fingerprint density at radius 3 is 2.05 bits per heavy atom. The average Bonchev–Trinajstić information content (AvgIpc) is 2.37. The molecule has 0 bridgehead atoms. The first-order valence-electron chi connectivity index (χ1n) is 6.72. The fourth-order valence-electron chi connectivity index (χ4n) is 1.65. The lowest BCUT2D eigenvalue weighted by molar-refractivity contribution is -0.144. The molecule has 0 aromatic carbocycles. The van der Waals surface area contributed by atoms with Gasteiger partial charge in [-0.3, -0.25) is 0 Å². The Morgan fingerprint density at radius 2 is 1.60 bits per heavy atom. The van der Waals surface area contributed by atoms with Gasteiger partial charge in [-0.2, -0.15) is 13.2 Å². The number of alkyl halides is 3. The van der Waals surface area contributed by atoms with Crippen LogP contribution in [-0.2, 0) is 6.18 Å². The van der Waals surface area contributed by atoms with Crippen molar-refractivity contribution in [2.24, 2.45) is 0 Å². The van der Waals surface area contributed by atoms with Crippen LogP contribution in [0.2, 0.25) is 0 Å². The molecule has 1 rings (SSSR count). The number of anilines is 2. The Morgan fingerprint density at radius 1 is 1.05 bits per heavy atom. The molecule has 0 unspecified atom stereocenters. The van der Waals surface area contributed by atoms with Gasteiger partial charge >= 0.3 is 6.18 Å². The monoisotopic (exact) mass is 290 g/mol. The van der Waals surface area contributed by atoms with Gasteiger partial charge < -0.3 is 10.6 Å². The van der Waals surface area contributed by atoms with Crippen LogP contribution >= 0.6 is 0 Å². The molecule has 1 aromatic heterocycles. The molecular weight excluding hydrogens is 269 g/mol. The number of hydrogen-bond donors (Lipinski definition) is 2. The van der Waals surface area contributed by atoms with Gasteiger partial charge in [-0.1, -0.05) is 13.8 Å². The van der Waals surface area contributed by atoms with Crippen LogP contribution in [0.15, 0.2) is 6.07 Å². The number of halogens is 3. The number of nitrogens with zero attached hydrogens (tertiary/aromatic N) is 2. The predicted molar refractivity (Wildman–Crippen MR) is 73.8 cm³/mol. The molecule has 0 saturated heterocycles. The smallest absolute Gasteiger partial charge is 0.370 e. The van der Waals surface area contributed by atoms with Gasteiger partial charge in [0.05, 0.1) is 0 Å². The highest BCUT2D eigenvalue weighted by Crippen LogP contribution is 2.29. The van der Waals surface area contributed by atoms with Crippen LogP contribution in [0.25, 0.3) is 0 Å². The van der Waals surface area contributed by atoms with E-state index >= 15 is 0 Å². The van der Waals surface area contributed by atoms with Crippen molar-refractivity contribution in [3.05, 3.63) is 11.9 Å². The molecule has 1 heterocycles. The van der Waals surface area contributed by atoms with Gasteiger partial charge in [0.2, 0.25) is 5.82 Å². The Labute approximate surface area is 117 Å². The van der Waals surface area contributed by atoms with Gasteiger partial charge in [-0.25, -0.2) is 9.97 Å². The van der Waals surface area contributed by atoms with Crippen molar-refractivity contribution in [1.29, 1.82) is 0 Å². The minimum atomic E-state index is -4.56. The van der Waals surface area contributed by atoms with E-state index in [-0.39, 0.29) is 17.2 Å². The van der Waals surface area contributed by atoms with Crippen LogP contribution in [0.1, 0.15) is 46.4 Å². The highest BCUT2D eigenvalue weighted by molar-refractivity contribution is 5.49. The van der Waals surface area contributed by atoms with Crippen molar-refractivity contribution in [1.82, 2.24) is 9.97 Å². The van der Waals surface area contributed by atoms with E-state index in [1.807, 2.05) is 20.8 Å². The SMILES string of the molecule is CCNc1cc(NC(C)(CC)CC)nc(C(F)(F)F)n1. The Kier molecular flexibility index (Phi) is 5.19. The van der Waals surface area contributed by atoms with Gasteiger partial charge in [-0.05, 0) is 26.7 Å². The zero-order chi connectivity index (χ0) is 15.4. The molecule has 0 aliphatic rings. The number of nitrogens with one attached hydrogen (secondary N) is 2. The third-order valence-electron chi connectivity index (χ3n) is 3.33. The largest absolute Gasteiger partial charge is 0.451 e. The quantitative estimate of drug-likeness (QED) is 0.833. The molecule has 0 aliphatic heterocycles. The Hall–Kier alpha value is -1.53. The molecule has 0 aliphatic carbocycles. The minimum absolute atomic E-state index is 0.173. The third-order valence-corrected chi connectivity index (χ3v) is 3.33. The molecule has 1 aromatic rings. The van der Waals surface area contributed by atoms with E-state index in [2.05, 4.69) is 20.6 Å². The van der Waals surface area contributed by atoms with Gasteiger partial charge in [-0.15, -0.1) is 0 Å². The van der Waals surface area contributed by atoms with Crippen LogP contribution in [0.3, 0.4) is 0 Å². The number of hydrogen-bond acceptors (Lipinski definition) is 4. The van der Waals surface area contributed by atoms with Crippen molar-refractivity contribution in [2.75, 3.05) is 17.2 Å². The maximum atomic E-state index is 12.8. The fraction of sp³-hybridized carbons (Fsp3) is 0.692. The van der Waals surface area contributed by atoms with Crippen molar-refractivity contribution >= 4 is 11.6 Å². The summed E-state index contributed by atoms with van der Waals surface area (Å²) < 4.78 is 38.4. The highest BCUT2D eigenvalue weighted by Gasteiger charge is 2.36. The van der Waals surface area contributed by atoms with Crippen LogP contribution in [0.5, 0.6) is 0 Å². The van der Waals surface area contributed by atoms with E-state index in [0.29, 0.717) is 6.54 Å². The van der Waals surface area contributed by atoms with Gasteiger partial charge in [0.25, 0.3) is 0 Å². The molecule has 0 atom stereocenters. The topological polar surface area (TPSA) is 49.8 Å². The summed E-state index contributed by atoms with van der Waals surface area (Å²) in [5.74, 6) is -0.769. The van der Waals surface area contributed by atoms with E-state index in [0.717, 1.165) is 12.8 Å². The average molecular weight is 290 g/mol. The first-order valence-corrected chi connectivity index (χ1v) is 6.72. The van der Waals surface area contributed by atoms with Crippen molar-refractivity contribution in [3.8, 4) is 0 Å². The number of aromatic nitrogens is 2. The molecule has 7 heteroatoms. The van der Waals surface area contributed by atoms with E-state index in [1.54, 1.807) is 6.92 Å². The van der Waals surface area contributed by atoms with Crippen molar-refractivity contribution < 1.29 is 13.2 Å². The van der Waals surface area contributed by atoms with Gasteiger partial charge in [0.1, 0.15) is 11.6 Å². The predicted octanol–water partition coefficient (Wildman–Crippen LogP) is 3.92. The molecule has 0 amide bonds. The molecule has 0 spiro atoms. The van der Waals surface area contributed by atoms with Crippen molar-refractivity contribution in [3.63, 3.8) is 0 Å². The highest BCUT2D eigenvalue weighted by atomic mass is 19.4. The zero-order valence-corrected chi connectivity index (χ0v) is 12.2. The molecule has 0 saturated carbocycles. The van der Waals surface area contributed by atoms with E-state index in [9.17, 15) is 13.2 Å². The number of rotatable bonds is 6. The summed E-state index contributed by atoms with van der Waals surface area (Å²) in [6.07, 6.45) is -2.99. The molecule has 114 valence electrons. The van der Waals surface area contributed by atoms with Gasteiger partial charge in [0, 0.05) is 18.2 Å². The lowest BCUT2D eigenvalue weighted by Crippen LogP contribution is -2.33. The Balaban J connectivity index is 3.15. The second-order valence-corrected chi connectivity index (χ2v) is 4.88. The fourth-order valence-corrected chi connectivity index (χ4v) is 1.65. The first-order chi connectivity index (χ1) is 9.24. The lowest BCUT2D eigenvalue weighted by Gasteiger charge is -2.29. The molecule has 0 radical (unpaired) electrons. The van der Waals surface area contributed by atoms with Crippen LogP contribution in [-0.4, -0.2) is 22.1 Å². The van der Waals surface area contributed by atoms with Crippen LogP contribution in [0.4, 0.5) is 24.8 Å². The van der Waals surface area contributed by atoms with E-state index in [4.69, 9.17) is 0 Å². The maximum Gasteiger partial charge on any atom is 0.451 e. The summed E-state index contributed by atoms with van der Waals surface area (Å²) in [6.45, 7) is 8.20. The molecule has 0 fully saturated rings. The molecule has 20 heavy (non-hydrogen) atoms. The molecule has 2 N–H and O–H groups in total. The van der Waals surface area contributed by atoms with Crippen LogP contribution < -0.4 is 10.6 Å². The van der Waals surface area contributed by atoms with Crippen molar-refractivity contribution in [2.45, 2.75) is 52.3 Å². The van der Waals surface area contributed by atoms with E-state index < -0.39 is 12.0 Å². The zero-order valence-electron chi connectivity index (χ0n) is 12.2. The molecule has 4 nitrogen and oxygen atoms in total. The summed E-state index contributed by atoms with van der Waals surface area (Å²) in [7, 11) is 0. The first kappa shape index (κ1) is 16.5. The standard InChI is InChI=1S/C13H21F3N4/c1-5-12(4,6-2)20-10-8-9(17-7-3)18-11(19-10)13(14,15)16/h8H,5-7H2,1-4H3,(H2,17,18,19,20). The molecular formula is C13H21F3N4. The third kappa shape index (κ3) is 4.25. The lowest BCUT2D eigenvalue weighted by atomic mass is 9.96. The van der Waals surface area contributed by atoms with Crippen LogP contribution in [0, 0.1) is 0 Å². The summed E-state index contributed by atoms with van der Waals surface area (Å²) in [5, 5.41) is 5.87. The Bertz CT molecular complexity index is 442. The second kappa shape index (κ2) is 6.28. The summed E-state index contributed by atoms with van der Waals surface area (Å²) in [5.41, 5.74) is -0.291. The normalized spacial score (nSPS) is 12.3. The van der Waals surface area contributed by atoms with Gasteiger partial charge in [0.15, 0.2) is 0 Å². The minimum Gasteiger partial charge on any atom is -0.370 e. The summed E-state index contributed by atoms with van der Waals surface area (Å²) in [4.78, 5) is 7.07.